The second-order valence-electron chi connectivity index (χ2n) is 18.8. The van der Waals surface area contributed by atoms with Crippen molar-refractivity contribution < 1.29 is 33.3 Å². The third-order valence-electron chi connectivity index (χ3n) is 12.4. The fraction of sp³-hybridized carbons (Fsp3) is 0.479. The third kappa shape index (κ3) is 12.7. The number of nitrogens with zero attached hydrogens (tertiary/aromatic N) is 8. The van der Waals surface area contributed by atoms with Crippen LogP contribution in [-0.4, -0.2) is 156 Å². The number of rotatable bonds is 11. The van der Waals surface area contributed by atoms with Gasteiger partial charge < -0.3 is 61.1 Å². The predicted molar refractivity (Wildman–Crippen MR) is 285 cm³/mol. The molecule has 8 heterocycles. The topological polar surface area (TPSA) is 283 Å². The van der Waals surface area contributed by atoms with Crippen molar-refractivity contribution in [2.45, 2.75) is 64.1 Å². The molecule has 4 aliphatic rings. The van der Waals surface area contributed by atoms with Crippen LogP contribution in [0.2, 0.25) is 0 Å². The summed E-state index contributed by atoms with van der Waals surface area (Å²) in [6, 6.07) is 10.4. The van der Waals surface area contributed by atoms with Crippen molar-refractivity contribution in [2.75, 3.05) is 106 Å². The molecule has 4 saturated heterocycles. The van der Waals surface area contributed by atoms with Crippen LogP contribution in [0.3, 0.4) is 0 Å². The minimum atomic E-state index is -0.571. The lowest BCUT2D eigenvalue weighted by molar-refractivity contribution is 0.0206. The minimum absolute atomic E-state index is 0. The van der Waals surface area contributed by atoms with Crippen LogP contribution in [0, 0.1) is 0 Å². The Labute approximate surface area is 435 Å². The molecule has 0 aliphatic carbocycles. The van der Waals surface area contributed by atoms with Crippen molar-refractivity contribution in [3.8, 4) is 27.0 Å². The fourth-order valence-corrected chi connectivity index (χ4v) is 10.8. The molecule has 4 fully saturated rings. The summed E-state index contributed by atoms with van der Waals surface area (Å²) in [6.07, 6.45) is 3.39. The molecule has 0 unspecified atom stereocenters. The first kappa shape index (κ1) is 52.9. The average Bonchev–Trinajstić information content (AvgIpc) is 4.00. The number of thiazole rings is 2. The monoisotopic (exact) mass is 1060 g/mol. The van der Waals surface area contributed by atoms with E-state index in [0.29, 0.717) is 138 Å². The molecule has 2 atom stereocenters. The van der Waals surface area contributed by atoms with Crippen LogP contribution in [0.15, 0.2) is 41.2 Å². The predicted octanol–water partition coefficient (Wildman–Crippen LogP) is 5.08. The van der Waals surface area contributed by atoms with Gasteiger partial charge in [0.1, 0.15) is 38.4 Å². The third-order valence-corrected chi connectivity index (χ3v) is 14.5. The van der Waals surface area contributed by atoms with E-state index < -0.39 is 17.4 Å². The number of fused-ring (bicyclic) bond motifs is 2. The van der Waals surface area contributed by atoms with Gasteiger partial charge in [-0.2, -0.15) is 15.0 Å². The lowest BCUT2D eigenvalue weighted by Crippen LogP contribution is -2.47. The Morgan fingerprint density at radius 3 is 1.90 bits per heavy atom. The first-order valence-electron chi connectivity index (χ1n) is 24.1. The van der Waals surface area contributed by atoms with Gasteiger partial charge in [0, 0.05) is 69.0 Å². The van der Waals surface area contributed by atoms with Crippen molar-refractivity contribution in [3.05, 3.63) is 57.9 Å². The quantitative estimate of drug-likeness (QED) is 0.0987. The Kier molecular flexibility index (Phi) is 16.8. The number of likely N-dealkylation sites (tertiary alicyclic amines) is 1. The smallest absolute Gasteiger partial charge is 0.410 e. The van der Waals surface area contributed by atoms with Crippen molar-refractivity contribution in [1.29, 1.82) is 0 Å². The largest absolute Gasteiger partial charge is 0.480 e. The zero-order chi connectivity index (χ0) is 50.5. The number of aromatic amines is 1. The number of primary amides is 2. The summed E-state index contributed by atoms with van der Waals surface area (Å²) < 4.78 is 24.1. The normalized spacial score (nSPS) is 18.3. The zero-order valence-electron chi connectivity index (χ0n) is 41.2. The van der Waals surface area contributed by atoms with Gasteiger partial charge in [-0.3, -0.25) is 19.4 Å². The summed E-state index contributed by atoms with van der Waals surface area (Å²) in [6.45, 7) is 13.5. The highest BCUT2D eigenvalue weighted by Crippen LogP contribution is 2.41. The second kappa shape index (κ2) is 23.2. The Morgan fingerprint density at radius 2 is 1.33 bits per heavy atom. The van der Waals surface area contributed by atoms with Crippen LogP contribution < -0.4 is 47.5 Å². The van der Waals surface area contributed by atoms with E-state index in [1.807, 2.05) is 31.7 Å². The van der Waals surface area contributed by atoms with E-state index in [1.54, 1.807) is 42.3 Å². The number of carbonyl (C=O) groups is 3. The van der Waals surface area contributed by atoms with E-state index in [-0.39, 0.29) is 36.1 Å². The van der Waals surface area contributed by atoms with Gasteiger partial charge in [0.25, 0.3) is 5.56 Å². The van der Waals surface area contributed by atoms with Crippen molar-refractivity contribution in [2.24, 2.45) is 11.5 Å². The van der Waals surface area contributed by atoms with E-state index >= 15 is 0 Å². The maximum Gasteiger partial charge on any atom is 0.410 e. The summed E-state index contributed by atoms with van der Waals surface area (Å²) in [5, 5.41) is 11.6. The zero-order valence-corrected chi connectivity index (χ0v) is 43.6. The molecule has 4 aliphatic heterocycles. The lowest BCUT2D eigenvalue weighted by atomic mass is 10.1. The van der Waals surface area contributed by atoms with Crippen molar-refractivity contribution >= 4 is 97.0 Å². The van der Waals surface area contributed by atoms with Gasteiger partial charge >= 0.3 is 6.09 Å². The standard InChI is InChI=1S/C27H35N7O5S.C21H25N7O3S.ClH/c1-27(2,3)39-26(36)34-9-5-6-17(15-34)29-22-20(23(37-4)32-25(31-22)33-10-12-38-13-11-33)24-30-18-14-16(21(28)35)7-8-19(18)40-24;22-17(29)12-3-4-15-14(10-12)25-20(32-15)16-18(24-13-2-1-5-23-11-13)26-21(27-19(16)30)28-6-8-31-9-7-28;/h7-8,14,17H,5-6,9-13,15H2,1-4H3,(H2,28,35)(H,29,31,32);3-4,10,13,23H,1-2,5-9,11H2,(H2,22,29)(H2,24,26,27,30);1H/t17-;13-;/m11./s1. The molecule has 2 aromatic carbocycles. The van der Waals surface area contributed by atoms with E-state index in [0.717, 1.165) is 48.2 Å². The van der Waals surface area contributed by atoms with E-state index in [9.17, 15) is 19.2 Å². The molecule has 73 heavy (non-hydrogen) atoms. The average molecular weight is 1060 g/mol. The van der Waals surface area contributed by atoms with Crippen LogP contribution in [0.25, 0.3) is 41.6 Å². The first-order chi connectivity index (χ1) is 34.7. The maximum atomic E-state index is 13.3. The number of anilines is 4. The number of H-pyrrole nitrogens is 1. The number of nitrogens with two attached hydrogens (primary N) is 2. The molecule has 10 rings (SSSR count). The summed E-state index contributed by atoms with van der Waals surface area (Å²) in [7, 11) is 1.57. The molecule has 390 valence electrons. The number of nitrogens with one attached hydrogen (secondary N) is 4. The van der Waals surface area contributed by atoms with E-state index in [1.165, 1.54) is 22.7 Å². The Hall–Kier alpha value is -6.44. The van der Waals surface area contributed by atoms with Gasteiger partial charge in [-0.05, 0) is 89.4 Å². The van der Waals surface area contributed by atoms with E-state index in [4.69, 9.17) is 50.4 Å². The van der Waals surface area contributed by atoms with Crippen molar-refractivity contribution in [1.82, 2.24) is 40.1 Å². The van der Waals surface area contributed by atoms with Gasteiger partial charge in [-0.25, -0.2) is 14.8 Å². The number of morpholine rings is 2. The Bertz CT molecular complexity index is 3000. The molecule has 0 bridgehead atoms. The number of benzene rings is 2. The first-order valence-corrected chi connectivity index (χ1v) is 25.7. The minimum Gasteiger partial charge on any atom is -0.480 e. The molecule has 25 heteroatoms. The van der Waals surface area contributed by atoms with Crippen molar-refractivity contribution in [3.63, 3.8) is 0 Å². The molecule has 0 spiro atoms. The molecular weight excluding hydrogens is 1000 g/mol. The summed E-state index contributed by atoms with van der Waals surface area (Å²) >= 11 is 2.84. The molecule has 3 amide bonds. The number of methoxy groups -OCH3 is 1. The van der Waals surface area contributed by atoms with Gasteiger partial charge in [0.2, 0.25) is 29.6 Å². The number of ether oxygens (including phenoxy) is 4. The number of piperidine rings is 2. The Morgan fingerprint density at radius 1 is 0.753 bits per heavy atom. The molecule has 6 aromatic rings. The molecular formula is C48H61ClN14O8S2. The molecule has 8 N–H and O–H groups in total. The van der Waals surface area contributed by atoms with Crippen LogP contribution in [0.1, 0.15) is 67.2 Å². The van der Waals surface area contributed by atoms with Gasteiger partial charge in [0.05, 0.1) is 54.0 Å². The number of hydrogen-bond acceptors (Lipinski definition) is 20. The molecule has 4 aromatic heterocycles. The van der Waals surface area contributed by atoms with Crippen LogP contribution in [-0.2, 0) is 14.2 Å². The van der Waals surface area contributed by atoms with Crippen LogP contribution in [0.5, 0.6) is 5.88 Å². The number of amides is 3. The second-order valence-corrected chi connectivity index (χ2v) is 20.9. The number of carbonyl (C=O) groups excluding carboxylic acids is 3. The lowest BCUT2D eigenvalue weighted by Gasteiger charge is -2.35. The fourth-order valence-electron chi connectivity index (χ4n) is 8.79. The molecule has 0 saturated carbocycles. The van der Waals surface area contributed by atoms with Crippen LogP contribution >= 0.6 is 35.1 Å². The van der Waals surface area contributed by atoms with Crippen LogP contribution in [0.4, 0.5) is 28.3 Å². The number of aromatic nitrogens is 6. The SMILES string of the molecule is COc1nc(N2CCOCC2)nc(N[C@@H]2CCCN(C(=O)OC(C)(C)C)C2)c1-c1nc2cc(C(N)=O)ccc2s1.Cl.NC(=O)c1ccc2sc(-c3c(N[C@@H]4CCCNC4)nc(N4CCOCC4)[nH]c3=O)nc2c1. The summed E-state index contributed by atoms with van der Waals surface area (Å²) in [5.41, 5.74) is 13.2. The number of hydrogen-bond donors (Lipinski definition) is 6. The number of halogens is 1. The summed E-state index contributed by atoms with van der Waals surface area (Å²) in [4.78, 5) is 82.1. The van der Waals surface area contributed by atoms with Gasteiger partial charge in [-0.15, -0.1) is 35.1 Å². The Balaban J connectivity index is 0.000000197. The highest BCUT2D eigenvalue weighted by Gasteiger charge is 2.31. The van der Waals surface area contributed by atoms with Gasteiger partial charge in [0.15, 0.2) is 0 Å². The van der Waals surface area contributed by atoms with Gasteiger partial charge in [-0.1, -0.05) is 0 Å². The molecule has 0 radical (unpaired) electrons. The highest BCUT2D eigenvalue weighted by atomic mass is 35.5. The molecule has 22 nitrogen and oxygen atoms in total. The van der Waals surface area contributed by atoms with E-state index in [2.05, 4.69) is 30.8 Å². The summed E-state index contributed by atoms with van der Waals surface area (Å²) in [5.74, 6) is 1.52. The highest BCUT2D eigenvalue weighted by molar-refractivity contribution is 7.22. The maximum absolute atomic E-state index is 13.3.